The van der Waals surface area contributed by atoms with E-state index in [9.17, 15) is 5.11 Å². The van der Waals surface area contributed by atoms with Crippen LogP contribution >= 0.6 is 0 Å². The van der Waals surface area contributed by atoms with Gasteiger partial charge in [-0.15, -0.1) is 0 Å². The van der Waals surface area contributed by atoms with Crippen LogP contribution in [0.25, 0.3) is 22.2 Å². The number of aliphatic hydroxyl groups excluding tert-OH is 1. The lowest BCUT2D eigenvalue weighted by molar-refractivity contribution is 0.127. The van der Waals surface area contributed by atoms with Crippen molar-refractivity contribution in [1.82, 2.24) is 10.1 Å². The van der Waals surface area contributed by atoms with Gasteiger partial charge in [0.2, 0.25) is 5.82 Å². The van der Waals surface area contributed by atoms with Gasteiger partial charge in [0.1, 0.15) is 6.10 Å². The lowest BCUT2D eigenvalue weighted by Gasteiger charge is -2.01. The fourth-order valence-corrected chi connectivity index (χ4v) is 2.10. The van der Waals surface area contributed by atoms with Crippen LogP contribution in [0.4, 0.5) is 0 Å². The number of hydrogen-bond acceptors (Lipinski definition) is 5. The summed E-state index contributed by atoms with van der Waals surface area (Å²) in [5, 5.41) is 16.0. The van der Waals surface area contributed by atoms with E-state index in [4.69, 9.17) is 10.3 Å². The number of fused-ring (bicyclic) bond motifs is 1. The van der Waals surface area contributed by atoms with Gasteiger partial charge in [-0.05, 0) is 29.8 Å². The van der Waals surface area contributed by atoms with Gasteiger partial charge in [-0.25, -0.2) is 0 Å². The molecular weight excluding hydrogens is 254 g/mol. The monoisotopic (exact) mass is 269 g/mol. The predicted octanol–water partition coefficient (Wildman–Crippen LogP) is 2.27. The van der Waals surface area contributed by atoms with E-state index in [0.29, 0.717) is 18.8 Å². The number of hydrogen-bond donors (Lipinski definition) is 2. The molecule has 5 heteroatoms. The first-order chi connectivity index (χ1) is 9.78. The molecule has 0 spiro atoms. The summed E-state index contributed by atoms with van der Waals surface area (Å²) in [6, 6.07) is 14.0. The van der Waals surface area contributed by atoms with Crippen molar-refractivity contribution in [3.8, 4) is 11.4 Å². The van der Waals surface area contributed by atoms with E-state index in [1.54, 1.807) is 0 Å². The summed E-state index contributed by atoms with van der Waals surface area (Å²) >= 11 is 0. The fraction of sp³-hybridized carbons (Fsp3) is 0.200. The van der Waals surface area contributed by atoms with Crippen molar-refractivity contribution in [1.29, 1.82) is 0 Å². The zero-order valence-electron chi connectivity index (χ0n) is 10.9. The maximum absolute atomic E-state index is 9.78. The molecule has 5 nitrogen and oxygen atoms in total. The van der Waals surface area contributed by atoms with Crippen LogP contribution < -0.4 is 5.73 Å². The topological polar surface area (TPSA) is 85.2 Å². The van der Waals surface area contributed by atoms with Gasteiger partial charge in [0.15, 0.2) is 0 Å². The highest BCUT2D eigenvalue weighted by Crippen LogP contribution is 2.24. The highest BCUT2D eigenvalue weighted by Gasteiger charge is 2.16. The number of nitrogens with two attached hydrogens (primary N) is 1. The summed E-state index contributed by atoms with van der Waals surface area (Å²) in [5.41, 5.74) is 6.26. The van der Waals surface area contributed by atoms with Gasteiger partial charge in [0.05, 0.1) is 0 Å². The summed E-state index contributed by atoms with van der Waals surface area (Å²) in [6.45, 7) is 0.370. The molecule has 0 amide bonds. The molecule has 1 atom stereocenters. The second-order valence-electron chi connectivity index (χ2n) is 4.61. The van der Waals surface area contributed by atoms with Crippen LogP contribution in [-0.4, -0.2) is 21.8 Å². The number of rotatable bonds is 4. The molecule has 102 valence electrons. The summed E-state index contributed by atoms with van der Waals surface area (Å²) in [5.74, 6) is 0.681. The van der Waals surface area contributed by atoms with Crippen molar-refractivity contribution in [2.24, 2.45) is 5.73 Å². The summed E-state index contributed by atoms with van der Waals surface area (Å²) in [7, 11) is 0. The van der Waals surface area contributed by atoms with Crippen LogP contribution in [0.5, 0.6) is 0 Å². The molecule has 0 fully saturated rings. The molecule has 1 aromatic heterocycles. The van der Waals surface area contributed by atoms with Crippen molar-refractivity contribution in [2.45, 2.75) is 12.5 Å². The molecule has 0 aliphatic heterocycles. The maximum Gasteiger partial charge on any atom is 0.255 e. The molecule has 0 radical (unpaired) electrons. The second-order valence-corrected chi connectivity index (χ2v) is 4.61. The number of aliphatic hydroxyl groups is 1. The maximum atomic E-state index is 9.78. The second kappa shape index (κ2) is 5.40. The molecule has 2 aromatic carbocycles. The number of nitrogens with zero attached hydrogens (tertiary/aromatic N) is 2. The van der Waals surface area contributed by atoms with Crippen molar-refractivity contribution < 1.29 is 9.63 Å². The summed E-state index contributed by atoms with van der Waals surface area (Å²) in [6.07, 6.45) is -0.402. The van der Waals surface area contributed by atoms with Gasteiger partial charge in [0.25, 0.3) is 5.89 Å². The lowest BCUT2D eigenvalue weighted by atomic mass is 10.1. The van der Waals surface area contributed by atoms with Gasteiger partial charge in [-0.3, -0.25) is 0 Å². The molecule has 0 bridgehead atoms. The van der Waals surface area contributed by atoms with Crippen LogP contribution in [0.15, 0.2) is 47.0 Å². The highest BCUT2D eigenvalue weighted by atomic mass is 16.5. The van der Waals surface area contributed by atoms with E-state index >= 15 is 0 Å². The van der Waals surface area contributed by atoms with Crippen LogP contribution in [0.1, 0.15) is 18.4 Å². The van der Waals surface area contributed by atoms with E-state index in [-0.39, 0.29) is 5.89 Å². The largest absolute Gasteiger partial charge is 0.383 e. The zero-order valence-corrected chi connectivity index (χ0v) is 10.9. The third kappa shape index (κ3) is 2.41. The third-order valence-electron chi connectivity index (χ3n) is 3.17. The SMILES string of the molecule is NCC[C@H](O)c1nc(-c2ccc3ccccc3c2)no1. The Bertz CT molecular complexity index is 724. The smallest absolute Gasteiger partial charge is 0.255 e. The Kier molecular flexibility index (Phi) is 3.45. The minimum absolute atomic E-state index is 0.207. The van der Waals surface area contributed by atoms with Gasteiger partial charge in [-0.1, -0.05) is 41.6 Å². The molecule has 3 rings (SSSR count). The van der Waals surface area contributed by atoms with Gasteiger partial charge in [-0.2, -0.15) is 4.98 Å². The Morgan fingerprint density at radius 1 is 1.15 bits per heavy atom. The first kappa shape index (κ1) is 12.8. The van der Waals surface area contributed by atoms with E-state index in [1.165, 1.54) is 0 Å². The molecule has 0 aliphatic rings. The van der Waals surface area contributed by atoms with E-state index < -0.39 is 6.10 Å². The molecule has 0 unspecified atom stereocenters. The highest BCUT2D eigenvalue weighted by molar-refractivity contribution is 5.86. The Labute approximate surface area is 116 Å². The zero-order chi connectivity index (χ0) is 13.9. The molecule has 20 heavy (non-hydrogen) atoms. The minimum Gasteiger partial charge on any atom is -0.383 e. The lowest BCUT2D eigenvalue weighted by Crippen LogP contribution is -2.06. The summed E-state index contributed by atoms with van der Waals surface area (Å²) in [4.78, 5) is 4.22. The standard InChI is InChI=1S/C15H15N3O2/c16-8-7-13(19)15-17-14(18-20-15)12-6-5-10-3-1-2-4-11(10)9-12/h1-6,9,13,19H,7-8,16H2/t13-/m0/s1. The Morgan fingerprint density at radius 3 is 2.75 bits per heavy atom. The molecule has 3 aromatic rings. The molecule has 0 saturated carbocycles. The van der Waals surface area contributed by atoms with E-state index in [0.717, 1.165) is 16.3 Å². The Morgan fingerprint density at radius 2 is 1.95 bits per heavy atom. The average Bonchev–Trinajstić information content (AvgIpc) is 2.97. The van der Waals surface area contributed by atoms with E-state index in [2.05, 4.69) is 10.1 Å². The Balaban J connectivity index is 1.94. The van der Waals surface area contributed by atoms with Gasteiger partial charge < -0.3 is 15.4 Å². The van der Waals surface area contributed by atoms with Gasteiger partial charge in [0, 0.05) is 5.56 Å². The van der Waals surface area contributed by atoms with Crippen LogP contribution in [-0.2, 0) is 0 Å². The first-order valence-corrected chi connectivity index (χ1v) is 6.49. The van der Waals surface area contributed by atoms with Crippen LogP contribution in [0.2, 0.25) is 0 Å². The average molecular weight is 269 g/mol. The molecule has 3 N–H and O–H groups in total. The van der Waals surface area contributed by atoms with Crippen molar-refractivity contribution >= 4 is 10.8 Å². The molecule has 1 heterocycles. The normalized spacial score (nSPS) is 12.7. The van der Waals surface area contributed by atoms with E-state index in [1.807, 2.05) is 42.5 Å². The van der Waals surface area contributed by atoms with Crippen molar-refractivity contribution in [3.05, 3.63) is 48.4 Å². The van der Waals surface area contributed by atoms with Crippen LogP contribution in [0, 0.1) is 0 Å². The number of benzene rings is 2. The van der Waals surface area contributed by atoms with Crippen molar-refractivity contribution in [2.75, 3.05) is 6.54 Å². The fourth-order valence-electron chi connectivity index (χ4n) is 2.10. The molecular formula is C15H15N3O2. The quantitative estimate of drug-likeness (QED) is 0.759. The third-order valence-corrected chi connectivity index (χ3v) is 3.17. The Hall–Kier alpha value is -2.24. The van der Waals surface area contributed by atoms with Crippen LogP contribution in [0.3, 0.4) is 0 Å². The van der Waals surface area contributed by atoms with Crippen molar-refractivity contribution in [3.63, 3.8) is 0 Å². The first-order valence-electron chi connectivity index (χ1n) is 6.49. The number of aromatic nitrogens is 2. The predicted molar refractivity (Wildman–Crippen MR) is 75.9 cm³/mol. The minimum atomic E-state index is -0.804. The summed E-state index contributed by atoms with van der Waals surface area (Å²) < 4.78 is 5.08. The van der Waals surface area contributed by atoms with Gasteiger partial charge >= 0.3 is 0 Å². The molecule has 0 aliphatic carbocycles. The molecule has 0 saturated heterocycles.